The van der Waals surface area contributed by atoms with E-state index in [0.717, 1.165) is 50.2 Å². The van der Waals surface area contributed by atoms with Crippen molar-refractivity contribution in [3.05, 3.63) is 91.2 Å². The van der Waals surface area contributed by atoms with Gasteiger partial charge in [-0.05, 0) is 67.0 Å². The van der Waals surface area contributed by atoms with Crippen LogP contribution >= 0.6 is 0 Å². The van der Waals surface area contributed by atoms with Gasteiger partial charge in [0.1, 0.15) is 11.2 Å². The zero-order chi connectivity index (χ0) is 26.6. The Kier molecular flexibility index (Phi) is 6.95. The molecule has 0 aliphatic carbocycles. The van der Waals surface area contributed by atoms with Crippen molar-refractivity contribution < 1.29 is 4.79 Å². The molecule has 0 aliphatic heterocycles. The first-order valence-electron chi connectivity index (χ1n) is 12.5. The molecule has 0 aromatic carbocycles. The SMILES string of the molecule is C=C/C(=C\C(=C/C)c1ccc2[nH]nc(-c3cc4c(-c5cccnc5)nccc4[nH]3)c2n1)NC(=O)CC(C)C. The average molecular weight is 504 g/mol. The predicted octanol–water partition coefficient (Wildman–Crippen LogP) is 6.20. The molecular weight excluding hydrogens is 474 g/mol. The number of aromatic amines is 2. The summed E-state index contributed by atoms with van der Waals surface area (Å²) in [6.07, 6.45) is 11.3. The Hall–Kier alpha value is -4.85. The molecule has 0 saturated heterocycles. The Morgan fingerprint density at radius 3 is 2.74 bits per heavy atom. The fourth-order valence-corrected chi connectivity index (χ4v) is 4.36. The van der Waals surface area contributed by atoms with Gasteiger partial charge in [-0.1, -0.05) is 26.5 Å². The minimum absolute atomic E-state index is 0.0407. The monoisotopic (exact) mass is 503 g/mol. The molecule has 0 aliphatic rings. The van der Waals surface area contributed by atoms with Gasteiger partial charge in [0.05, 0.1) is 22.6 Å². The van der Waals surface area contributed by atoms with Gasteiger partial charge in [0.15, 0.2) is 0 Å². The maximum atomic E-state index is 12.3. The van der Waals surface area contributed by atoms with E-state index in [4.69, 9.17) is 4.98 Å². The van der Waals surface area contributed by atoms with Gasteiger partial charge >= 0.3 is 0 Å². The molecular formula is C30H29N7O. The number of pyridine rings is 3. The van der Waals surface area contributed by atoms with Crippen molar-refractivity contribution in [2.24, 2.45) is 5.92 Å². The minimum Gasteiger partial charge on any atom is -0.353 e. The van der Waals surface area contributed by atoms with E-state index in [0.29, 0.717) is 17.8 Å². The zero-order valence-corrected chi connectivity index (χ0v) is 21.6. The Labute approximate surface area is 220 Å². The van der Waals surface area contributed by atoms with E-state index in [1.165, 1.54) is 0 Å². The third kappa shape index (κ3) is 5.01. The summed E-state index contributed by atoms with van der Waals surface area (Å²) < 4.78 is 0. The molecule has 0 saturated carbocycles. The van der Waals surface area contributed by atoms with Crippen molar-refractivity contribution in [2.75, 3.05) is 0 Å². The number of nitrogens with zero attached hydrogens (tertiary/aromatic N) is 4. The van der Waals surface area contributed by atoms with Crippen LogP contribution in [0.1, 0.15) is 32.9 Å². The topological polar surface area (TPSA) is 112 Å². The summed E-state index contributed by atoms with van der Waals surface area (Å²) >= 11 is 0. The van der Waals surface area contributed by atoms with Gasteiger partial charge in [-0.2, -0.15) is 5.10 Å². The summed E-state index contributed by atoms with van der Waals surface area (Å²) in [7, 11) is 0. The molecule has 0 radical (unpaired) electrons. The number of allylic oxidation sites excluding steroid dienone is 4. The highest BCUT2D eigenvalue weighted by atomic mass is 16.1. The predicted molar refractivity (Wildman–Crippen MR) is 152 cm³/mol. The van der Waals surface area contributed by atoms with Crippen LogP contribution in [0.4, 0.5) is 0 Å². The summed E-state index contributed by atoms with van der Waals surface area (Å²) in [5.74, 6) is 0.229. The van der Waals surface area contributed by atoms with Crippen molar-refractivity contribution in [3.8, 4) is 22.6 Å². The van der Waals surface area contributed by atoms with Gasteiger partial charge in [0.2, 0.25) is 5.91 Å². The lowest BCUT2D eigenvalue weighted by atomic mass is 10.1. The quantitative estimate of drug-likeness (QED) is 0.218. The number of fused-ring (bicyclic) bond motifs is 2. The van der Waals surface area contributed by atoms with Gasteiger partial charge < -0.3 is 10.3 Å². The summed E-state index contributed by atoms with van der Waals surface area (Å²) in [6.45, 7) is 9.83. The first-order valence-corrected chi connectivity index (χ1v) is 12.5. The van der Waals surface area contributed by atoms with Crippen molar-refractivity contribution >= 4 is 33.4 Å². The summed E-state index contributed by atoms with van der Waals surface area (Å²) in [5.41, 5.74) is 8.09. The summed E-state index contributed by atoms with van der Waals surface area (Å²) in [5, 5.41) is 11.6. The van der Waals surface area contributed by atoms with E-state index in [2.05, 4.69) is 37.0 Å². The summed E-state index contributed by atoms with van der Waals surface area (Å²) in [6, 6.07) is 11.8. The first kappa shape index (κ1) is 24.8. The second-order valence-corrected chi connectivity index (χ2v) is 9.40. The number of nitrogens with one attached hydrogen (secondary N) is 3. The molecule has 0 atom stereocenters. The van der Waals surface area contributed by atoms with E-state index < -0.39 is 0 Å². The van der Waals surface area contributed by atoms with E-state index in [-0.39, 0.29) is 11.8 Å². The maximum Gasteiger partial charge on any atom is 0.224 e. The van der Waals surface area contributed by atoms with Crippen LogP contribution in [0.2, 0.25) is 0 Å². The van der Waals surface area contributed by atoms with Crippen molar-refractivity contribution in [2.45, 2.75) is 27.2 Å². The van der Waals surface area contributed by atoms with Crippen LogP contribution < -0.4 is 5.32 Å². The molecule has 0 bridgehead atoms. The lowest BCUT2D eigenvalue weighted by Gasteiger charge is -2.09. The minimum atomic E-state index is -0.0407. The largest absolute Gasteiger partial charge is 0.353 e. The van der Waals surface area contributed by atoms with Crippen LogP contribution in [0.15, 0.2) is 85.5 Å². The molecule has 1 amide bonds. The molecule has 5 aromatic heterocycles. The molecule has 5 aromatic rings. The highest BCUT2D eigenvalue weighted by Crippen LogP contribution is 2.32. The summed E-state index contributed by atoms with van der Waals surface area (Å²) in [4.78, 5) is 29.6. The van der Waals surface area contributed by atoms with Crippen LogP contribution in [0, 0.1) is 5.92 Å². The number of carbonyl (C=O) groups excluding carboxylic acids is 1. The number of carbonyl (C=O) groups is 1. The van der Waals surface area contributed by atoms with Crippen LogP contribution in [0.3, 0.4) is 0 Å². The van der Waals surface area contributed by atoms with E-state index in [1.54, 1.807) is 24.7 Å². The normalized spacial score (nSPS) is 12.4. The number of amides is 1. The molecule has 8 heteroatoms. The van der Waals surface area contributed by atoms with E-state index >= 15 is 0 Å². The fraction of sp³-hybridized carbons (Fsp3) is 0.167. The number of hydrogen-bond acceptors (Lipinski definition) is 5. The van der Waals surface area contributed by atoms with Crippen molar-refractivity contribution in [1.82, 2.24) is 35.5 Å². The molecule has 0 spiro atoms. The number of rotatable bonds is 8. The van der Waals surface area contributed by atoms with E-state index in [1.807, 2.05) is 69.3 Å². The molecule has 38 heavy (non-hydrogen) atoms. The average Bonchev–Trinajstić information content (AvgIpc) is 3.54. The third-order valence-electron chi connectivity index (χ3n) is 6.16. The Balaban J connectivity index is 1.53. The lowest BCUT2D eigenvalue weighted by molar-refractivity contribution is -0.121. The van der Waals surface area contributed by atoms with Crippen LogP contribution in [0.25, 0.3) is 50.2 Å². The Morgan fingerprint density at radius 2 is 2.00 bits per heavy atom. The molecule has 190 valence electrons. The highest BCUT2D eigenvalue weighted by molar-refractivity contribution is 5.99. The lowest BCUT2D eigenvalue weighted by Crippen LogP contribution is -2.23. The number of aromatic nitrogens is 6. The second kappa shape index (κ2) is 10.6. The maximum absolute atomic E-state index is 12.3. The van der Waals surface area contributed by atoms with Crippen LogP contribution in [0.5, 0.6) is 0 Å². The molecule has 5 rings (SSSR count). The highest BCUT2D eigenvalue weighted by Gasteiger charge is 2.16. The molecule has 3 N–H and O–H groups in total. The first-order chi connectivity index (χ1) is 18.5. The second-order valence-electron chi connectivity index (χ2n) is 9.40. The van der Waals surface area contributed by atoms with Crippen LogP contribution in [-0.2, 0) is 4.79 Å². The van der Waals surface area contributed by atoms with Crippen molar-refractivity contribution in [1.29, 1.82) is 0 Å². The third-order valence-corrected chi connectivity index (χ3v) is 6.16. The number of H-pyrrole nitrogens is 2. The van der Waals surface area contributed by atoms with Crippen molar-refractivity contribution in [3.63, 3.8) is 0 Å². The molecule has 0 fully saturated rings. The van der Waals surface area contributed by atoms with Crippen LogP contribution in [-0.4, -0.2) is 36.0 Å². The Bertz CT molecular complexity index is 1690. The molecule has 0 unspecified atom stereocenters. The molecule has 8 nitrogen and oxygen atoms in total. The Morgan fingerprint density at radius 1 is 1.13 bits per heavy atom. The van der Waals surface area contributed by atoms with Gasteiger partial charge in [-0.15, -0.1) is 0 Å². The molecule has 5 heterocycles. The van der Waals surface area contributed by atoms with Gasteiger partial charge in [-0.3, -0.25) is 19.9 Å². The van der Waals surface area contributed by atoms with E-state index in [9.17, 15) is 4.79 Å². The fourth-order valence-electron chi connectivity index (χ4n) is 4.36. The van der Waals surface area contributed by atoms with Gasteiger partial charge in [0.25, 0.3) is 0 Å². The standard InChI is InChI=1S/C30H29N7O/c1-5-19(15-21(6-2)33-27(38)14-18(3)4)23-9-10-25-29(35-23)30(37-36-25)26-16-22-24(34-26)11-13-32-28(22)20-8-7-12-31-17-20/h5-13,15-18,34H,2,14H2,1,3-4H3,(H,33,38)(H,36,37)/b19-5+,21-15+. The number of hydrogen-bond donors (Lipinski definition) is 3. The van der Waals surface area contributed by atoms with Gasteiger partial charge in [0, 0.05) is 47.2 Å². The zero-order valence-electron chi connectivity index (χ0n) is 21.6. The van der Waals surface area contributed by atoms with Gasteiger partial charge in [-0.25, -0.2) is 4.98 Å². The smallest absolute Gasteiger partial charge is 0.224 e.